The summed E-state index contributed by atoms with van der Waals surface area (Å²) in [6, 6.07) is -0.934. The van der Waals surface area contributed by atoms with E-state index in [0.29, 0.717) is 17.4 Å². The third kappa shape index (κ3) is 57.8. The molecule has 430 valence electrons. The second-order valence-electron chi connectivity index (χ2n) is 20.6. The molecule has 8 nitrogen and oxygen atoms in total. The summed E-state index contributed by atoms with van der Waals surface area (Å²) in [6.07, 6.45) is 87.6. The van der Waals surface area contributed by atoms with Gasteiger partial charge in [0.1, 0.15) is 13.2 Å². The summed E-state index contributed by atoms with van der Waals surface area (Å²) in [4.78, 5) is 25.5. The number of allylic oxidation sites excluding steroid dienone is 25. The van der Waals surface area contributed by atoms with Gasteiger partial charge in [0, 0.05) is 6.42 Å². The average molecular weight is 1070 g/mol. The monoisotopic (exact) mass is 1070 g/mol. The Bertz CT molecular complexity index is 1790. The van der Waals surface area contributed by atoms with Crippen molar-refractivity contribution in [2.45, 2.75) is 219 Å². The van der Waals surface area contributed by atoms with Crippen LogP contribution in [-0.2, 0) is 18.4 Å². The van der Waals surface area contributed by atoms with Crippen LogP contribution in [0, 0.1) is 0 Å². The molecule has 0 bridgehead atoms. The molecule has 0 radical (unpaired) electrons. The van der Waals surface area contributed by atoms with Gasteiger partial charge in [-0.3, -0.25) is 9.36 Å². The van der Waals surface area contributed by atoms with Crippen molar-refractivity contribution in [1.29, 1.82) is 0 Å². The molecule has 3 unspecified atom stereocenters. The van der Waals surface area contributed by atoms with E-state index >= 15 is 0 Å². The summed E-state index contributed by atoms with van der Waals surface area (Å²) in [5.74, 6) is -0.246. The summed E-state index contributed by atoms with van der Waals surface area (Å²) >= 11 is 0. The Morgan fingerprint density at radius 1 is 0.474 bits per heavy atom. The molecule has 3 atom stereocenters. The lowest BCUT2D eigenvalue weighted by molar-refractivity contribution is -0.870. The van der Waals surface area contributed by atoms with Crippen LogP contribution in [0.25, 0.3) is 0 Å². The molecule has 0 aromatic heterocycles. The van der Waals surface area contributed by atoms with Crippen molar-refractivity contribution in [3.05, 3.63) is 158 Å². The zero-order chi connectivity index (χ0) is 55.6. The van der Waals surface area contributed by atoms with Crippen LogP contribution >= 0.6 is 7.82 Å². The molecule has 2 N–H and O–H groups in total. The van der Waals surface area contributed by atoms with Crippen molar-refractivity contribution in [2.24, 2.45) is 0 Å². The SMILES string of the molecule is CC/C=C\C/C=C\C/C=C\C/C=C\C/C=C\C/C=C\C/C=C\C/C=C\C/C=C\C/C=C\C/C=C\CCCCCC(=O)NC(COP(=O)([O-])OCC[N+](C)(C)C)C(O)/C=C/CC/C=C/CCCCCCCCCCCCC. The predicted octanol–water partition coefficient (Wildman–Crippen LogP) is 18.0. The highest BCUT2D eigenvalue weighted by molar-refractivity contribution is 7.45. The van der Waals surface area contributed by atoms with Crippen LogP contribution in [0.5, 0.6) is 0 Å². The number of likely N-dealkylation sites (N-methyl/N-ethyl adjacent to an activating group) is 1. The van der Waals surface area contributed by atoms with Crippen LogP contribution in [0.15, 0.2) is 158 Å². The molecular formula is C67H111N2O6P. The average Bonchev–Trinajstić information content (AvgIpc) is 3.38. The van der Waals surface area contributed by atoms with Crippen LogP contribution in [0.1, 0.15) is 206 Å². The Balaban J connectivity index is 4.31. The number of hydrogen-bond donors (Lipinski definition) is 2. The summed E-state index contributed by atoms with van der Waals surface area (Å²) in [5.41, 5.74) is 0. The minimum Gasteiger partial charge on any atom is -0.756 e. The number of hydrogen-bond acceptors (Lipinski definition) is 6. The third-order valence-electron chi connectivity index (χ3n) is 12.2. The standard InChI is InChI=1S/C67H111N2O6P/c1-6-8-10-12-14-16-18-20-22-24-25-26-27-28-29-30-31-32-33-34-35-36-37-38-39-40-41-42-43-45-47-49-51-53-55-57-59-61-67(71)68-65(64-75-76(72,73)74-63-62-69(3,4)5)66(70)60-58-56-54-52-50-48-46-44-23-21-19-17-15-13-11-9-7-2/h8,10,14,16,20,22,25-26,28-29,31-32,34-35,37-38,40-41,43,45,49-52,58,60,65-66,70H,6-7,9,11-13,15,17-19,21,23-24,27,30,33,36,39,42,44,46-48,53-57,59,61-64H2,1-5H3,(H-,68,71,72,73)/b10-8-,16-14-,22-20-,26-25-,29-28-,32-31-,35-34-,38-37-,41-40-,45-43-,51-49-,52-50+,60-58+. The molecule has 0 fully saturated rings. The number of carbonyl (C=O) groups excluding carboxylic acids is 1. The number of nitrogens with one attached hydrogen (secondary N) is 1. The van der Waals surface area contributed by atoms with Crippen molar-refractivity contribution in [2.75, 3.05) is 40.9 Å². The first-order valence-corrected chi connectivity index (χ1v) is 31.3. The quantitative estimate of drug-likeness (QED) is 0.0272. The van der Waals surface area contributed by atoms with Gasteiger partial charge in [-0.25, -0.2) is 0 Å². The van der Waals surface area contributed by atoms with Gasteiger partial charge in [0.15, 0.2) is 0 Å². The first-order chi connectivity index (χ1) is 37.0. The van der Waals surface area contributed by atoms with Gasteiger partial charge in [0.2, 0.25) is 5.91 Å². The normalized spacial score (nSPS) is 15.0. The lowest BCUT2D eigenvalue weighted by Gasteiger charge is -2.29. The maximum atomic E-state index is 13.0. The fourth-order valence-electron chi connectivity index (χ4n) is 7.58. The zero-order valence-electron chi connectivity index (χ0n) is 48.9. The van der Waals surface area contributed by atoms with Crippen LogP contribution in [-0.4, -0.2) is 68.5 Å². The first kappa shape index (κ1) is 72.1. The van der Waals surface area contributed by atoms with Gasteiger partial charge in [-0.1, -0.05) is 242 Å². The van der Waals surface area contributed by atoms with Crippen molar-refractivity contribution < 1.29 is 32.9 Å². The van der Waals surface area contributed by atoms with Crippen LogP contribution < -0.4 is 10.2 Å². The van der Waals surface area contributed by atoms with Crippen LogP contribution in [0.4, 0.5) is 0 Å². The summed E-state index contributed by atoms with van der Waals surface area (Å²) in [7, 11) is 1.20. The Hall–Kier alpha value is -3.88. The Morgan fingerprint density at radius 3 is 1.22 bits per heavy atom. The maximum Gasteiger partial charge on any atom is 0.268 e. The third-order valence-corrected chi connectivity index (χ3v) is 13.2. The first-order valence-electron chi connectivity index (χ1n) is 29.8. The lowest BCUT2D eigenvalue weighted by atomic mass is 10.1. The molecule has 0 aliphatic rings. The van der Waals surface area contributed by atoms with E-state index in [2.05, 4.69) is 165 Å². The number of aliphatic hydroxyl groups is 1. The second kappa shape index (κ2) is 55.9. The molecule has 0 aliphatic carbocycles. The topological polar surface area (TPSA) is 108 Å². The van der Waals surface area contributed by atoms with E-state index in [-0.39, 0.29) is 18.9 Å². The van der Waals surface area contributed by atoms with Crippen molar-refractivity contribution in [3.63, 3.8) is 0 Å². The van der Waals surface area contributed by atoms with Crippen molar-refractivity contribution >= 4 is 13.7 Å². The number of nitrogens with zero attached hydrogens (tertiary/aromatic N) is 1. The van der Waals surface area contributed by atoms with Gasteiger partial charge in [0.25, 0.3) is 7.82 Å². The van der Waals surface area contributed by atoms with Gasteiger partial charge in [-0.2, -0.15) is 0 Å². The minimum absolute atomic E-state index is 0.0220. The summed E-state index contributed by atoms with van der Waals surface area (Å²) < 4.78 is 23.3. The molecule has 9 heteroatoms. The number of aliphatic hydroxyl groups excluding tert-OH is 1. The highest BCUT2D eigenvalue weighted by atomic mass is 31.2. The molecule has 0 aromatic rings. The smallest absolute Gasteiger partial charge is 0.268 e. The minimum atomic E-state index is -4.63. The fraction of sp³-hybridized carbons (Fsp3) is 0.597. The Labute approximate surface area is 467 Å². The molecular weight excluding hydrogens is 960 g/mol. The number of carbonyl (C=O) groups is 1. The molecule has 1 amide bonds. The number of unbranched alkanes of at least 4 members (excludes halogenated alkanes) is 15. The Morgan fingerprint density at radius 2 is 0.816 bits per heavy atom. The molecule has 76 heavy (non-hydrogen) atoms. The molecule has 0 spiro atoms. The zero-order valence-corrected chi connectivity index (χ0v) is 49.8. The van der Waals surface area contributed by atoms with Gasteiger partial charge in [-0.05, 0) is 116 Å². The highest BCUT2D eigenvalue weighted by Crippen LogP contribution is 2.38. The van der Waals surface area contributed by atoms with Gasteiger partial charge >= 0.3 is 0 Å². The molecule has 0 aromatic carbocycles. The largest absolute Gasteiger partial charge is 0.756 e. The van der Waals surface area contributed by atoms with E-state index in [0.717, 1.165) is 109 Å². The summed E-state index contributed by atoms with van der Waals surface area (Å²) in [6.45, 7) is 4.46. The number of quaternary nitrogens is 1. The van der Waals surface area contributed by atoms with E-state index in [9.17, 15) is 19.4 Å². The van der Waals surface area contributed by atoms with Crippen LogP contribution in [0.2, 0.25) is 0 Å². The van der Waals surface area contributed by atoms with Crippen LogP contribution in [0.3, 0.4) is 0 Å². The lowest BCUT2D eigenvalue weighted by Crippen LogP contribution is -2.45. The highest BCUT2D eigenvalue weighted by Gasteiger charge is 2.23. The van der Waals surface area contributed by atoms with E-state index in [1.165, 1.54) is 70.6 Å². The Kier molecular flexibility index (Phi) is 53.0. The van der Waals surface area contributed by atoms with E-state index in [1.54, 1.807) is 6.08 Å². The van der Waals surface area contributed by atoms with Crippen molar-refractivity contribution in [1.82, 2.24) is 5.32 Å². The molecule has 0 rings (SSSR count). The van der Waals surface area contributed by atoms with E-state index in [1.807, 2.05) is 27.2 Å². The molecule has 0 saturated heterocycles. The number of rotatable bonds is 52. The van der Waals surface area contributed by atoms with Gasteiger partial charge in [-0.15, -0.1) is 0 Å². The van der Waals surface area contributed by atoms with Gasteiger partial charge < -0.3 is 28.8 Å². The van der Waals surface area contributed by atoms with Gasteiger partial charge in [0.05, 0.1) is 39.9 Å². The fourth-order valence-corrected chi connectivity index (χ4v) is 8.31. The maximum absolute atomic E-state index is 13.0. The predicted molar refractivity (Wildman–Crippen MR) is 329 cm³/mol. The second-order valence-corrected chi connectivity index (χ2v) is 22.0. The number of phosphoric ester groups is 1. The number of amides is 1. The molecule has 0 saturated carbocycles. The number of phosphoric acid groups is 1. The van der Waals surface area contributed by atoms with E-state index in [4.69, 9.17) is 9.05 Å². The summed E-state index contributed by atoms with van der Waals surface area (Å²) in [5, 5.41) is 13.8. The molecule has 0 heterocycles. The van der Waals surface area contributed by atoms with Crippen molar-refractivity contribution in [3.8, 4) is 0 Å². The van der Waals surface area contributed by atoms with E-state index < -0.39 is 26.6 Å². The molecule has 0 aliphatic heterocycles.